The van der Waals surface area contributed by atoms with Crippen LogP contribution in [0.2, 0.25) is 0 Å². The number of anilines is 2. The predicted molar refractivity (Wildman–Crippen MR) is 67.7 cm³/mol. The molecule has 1 spiro atoms. The molecule has 2 fully saturated rings. The Morgan fingerprint density at radius 2 is 2.35 bits per heavy atom. The summed E-state index contributed by atoms with van der Waals surface area (Å²) >= 11 is 0. The fourth-order valence-electron chi connectivity index (χ4n) is 3.32. The number of hydrogen-bond donors (Lipinski definition) is 2. The standard InChI is InChI=1S/C13H19N3O/c14-11-3-1-6-15-12(11)16-7-10(8-17)13(9-16)4-2-5-13/h1,3,6,10,17H,2,4-5,7-9,14H2. The van der Waals surface area contributed by atoms with Crippen LogP contribution in [0.1, 0.15) is 19.3 Å². The SMILES string of the molecule is Nc1cccnc1N1CC(CO)C2(CCC2)C1. The molecule has 2 heterocycles. The van der Waals surface area contributed by atoms with E-state index in [2.05, 4.69) is 9.88 Å². The Kier molecular flexibility index (Phi) is 2.47. The Morgan fingerprint density at radius 3 is 2.88 bits per heavy atom. The molecule has 1 aliphatic heterocycles. The van der Waals surface area contributed by atoms with Gasteiger partial charge >= 0.3 is 0 Å². The van der Waals surface area contributed by atoms with Crippen LogP contribution in [-0.4, -0.2) is 29.8 Å². The number of aliphatic hydroxyl groups is 1. The lowest BCUT2D eigenvalue weighted by atomic mass is 9.63. The van der Waals surface area contributed by atoms with Gasteiger partial charge in [0.2, 0.25) is 0 Å². The van der Waals surface area contributed by atoms with Crippen LogP contribution in [0.25, 0.3) is 0 Å². The van der Waals surface area contributed by atoms with Crippen molar-refractivity contribution in [1.82, 2.24) is 4.98 Å². The second kappa shape index (κ2) is 3.88. The molecule has 4 heteroatoms. The lowest BCUT2D eigenvalue weighted by Crippen LogP contribution is -2.39. The maximum Gasteiger partial charge on any atom is 0.151 e. The van der Waals surface area contributed by atoms with Crippen LogP contribution in [0.3, 0.4) is 0 Å². The van der Waals surface area contributed by atoms with Crippen molar-refractivity contribution < 1.29 is 5.11 Å². The third-order valence-electron chi connectivity index (χ3n) is 4.50. The van der Waals surface area contributed by atoms with Crippen molar-refractivity contribution in [3.63, 3.8) is 0 Å². The summed E-state index contributed by atoms with van der Waals surface area (Å²) in [4.78, 5) is 6.62. The van der Waals surface area contributed by atoms with E-state index >= 15 is 0 Å². The van der Waals surface area contributed by atoms with Crippen LogP contribution in [-0.2, 0) is 0 Å². The topological polar surface area (TPSA) is 62.4 Å². The van der Waals surface area contributed by atoms with Crippen molar-refractivity contribution in [1.29, 1.82) is 0 Å². The highest BCUT2D eigenvalue weighted by Crippen LogP contribution is 2.52. The molecule has 1 aromatic heterocycles. The number of aromatic nitrogens is 1. The zero-order chi connectivity index (χ0) is 11.9. The van der Waals surface area contributed by atoms with Crippen LogP contribution in [0.5, 0.6) is 0 Å². The normalized spacial score (nSPS) is 26.2. The second-order valence-corrected chi connectivity index (χ2v) is 5.39. The molecular formula is C13H19N3O. The summed E-state index contributed by atoms with van der Waals surface area (Å²) < 4.78 is 0. The van der Waals surface area contributed by atoms with Gasteiger partial charge in [-0.25, -0.2) is 4.98 Å². The number of nitrogens with zero attached hydrogens (tertiary/aromatic N) is 2. The predicted octanol–water partition coefficient (Wildman–Crippen LogP) is 1.26. The summed E-state index contributed by atoms with van der Waals surface area (Å²) in [6.07, 6.45) is 5.55. The van der Waals surface area contributed by atoms with Gasteiger partial charge in [-0.3, -0.25) is 0 Å². The molecule has 1 aliphatic carbocycles. The quantitative estimate of drug-likeness (QED) is 0.807. The van der Waals surface area contributed by atoms with Crippen molar-refractivity contribution in [3.8, 4) is 0 Å². The Hall–Kier alpha value is -1.29. The van der Waals surface area contributed by atoms with Crippen LogP contribution in [0.15, 0.2) is 18.3 Å². The summed E-state index contributed by atoms with van der Waals surface area (Å²) in [6.45, 7) is 2.17. The van der Waals surface area contributed by atoms with Crippen molar-refractivity contribution in [2.24, 2.45) is 11.3 Å². The molecular weight excluding hydrogens is 214 g/mol. The van der Waals surface area contributed by atoms with Gasteiger partial charge in [-0.1, -0.05) is 6.42 Å². The molecule has 0 amide bonds. The van der Waals surface area contributed by atoms with Gasteiger partial charge in [-0.05, 0) is 30.4 Å². The smallest absolute Gasteiger partial charge is 0.151 e. The molecule has 92 valence electrons. The zero-order valence-electron chi connectivity index (χ0n) is 9.97. The minimum absolute atomic E-state index is 0.281. The highest BCUT2D eigenvalue weighted by atomic mass is 16.3. The summed E-state index contributed by atoms with van der Waals surface area (Å²) in [7, 11) is 0. The molecule has 1 aromatic rings. The molecule has 1 unspecified atom stereocenters. The zero-order valence-corrected chi connectivity index (χ0v) is 9.97. The van der Waals surface area contributed by atoms with Crippen molar-refractivity contribution >= 4 is 11.5 Å². The number of rotatable bonds is 2. The summed E-state index contributed by atoms with van der Waals surface area (Å²) in [6, 6.07) is 3.75. The van der Waals surface area contributed by atoms with Crippen LogP contribution < -0.4 is 10.6 Å². The van der Waals surface area contributed by atoms with Gasteiger partial charge in [0.05, 0.1) is 5.69 Å². The number of nitrogen functional groups attached to an aromatic ring is 1. The van der Waals surface area contributed by atoms with Crippen molar-refractivity contribution in [2.75, 3.05) is 30.3 Å². The maximum absolute atomic E-state index is 9.52. The fourth-order valence-corrected chi connectivity index (χ4v) is 3.32. The summed E-state index contributed by atoms with van der Waals surface area (Å²) in [5, 5.41) is 9.52. The second-order valence-electron chi connectivity index (χ2n) is 5.39. The van der Waals surface area contributed by atoms with Gasteiger partial charge in [0.15, 0.2) is 5.82 Å². The number of hydrogen-bond acceptors (Lipinski definition) is 4. The van der Waals surface area contributed by atoms with Gasteiger partial charge in [-0.2, -0.15) is 0 Å². The van der Waals surface area contributed by atoms with Gasteiger partial charge in [0, 0.05) is 31.8 Å². The monoisotopic (exact) mass is 233 g/mol. The van der Waals surface area contributed by atoms with Crippen molar-refractivity contribution in [2.45, 2.75) is 19.3 Å². The first-order valence-electron chi connectivity index (χ1n) is 6.31. The third kappa shape index (κ3) is 1.59. The molecule has 0 bridgehead atoms. The van der Waals surface area contributed by atoms with E-state index in [1.165, 1.54) is 19.3 Å². The fraction of sp³-hybridized carbons (Fsp3) is 0.615. The molecule has 1 atom stereocenters. The average Bonchev–Trinajstić information content (AvgIpc) is 2.69. The molecule has 0 aromatic carbocycles. The largest absolute Gasteiger partial charge is 0.396 e. The van der Waals surface area contributed by atoms with E-state index in [9.17, 15) is 5.11 Å². The highest BCUT2D eigenvalue weighted by molar-refractivity contribution is 5.63. The molecule has 2 aliphatic rings. The van der Waals surface area contributed by atoms with E-state index in [1.807, 2.05) is 12.1 Å². The van der Waals surface area contributed by atoms with E-state index in [0.29, 0.717) is 11.3 Å². The van der Waals surface area contributed by atoms with E-state index in [4.69, 9.17) is 5.73 Å². The first-order valence-corrected chi connectivity index (χ1v) is 6.31. The number of aliphatic hydroxyl groups excluding tert-OH is 1. The first kappa shape index (κ1) is 10.8. The van der Waals surface area contributed by atoms with E-state index in [0.717, 1.165) is 24.6 Å². The average molecular weight is 233 g/mol. The Morgan fingerprint density at radius 1 is 1.53 bits per heavy atom. The highest BCUT2D eigenvalue weighted by Gasteiger charge is 2.50. The van der Waals surface area contributed by atoms with Crippen LogP contribution in [0.4, 0.5) is 11.5 Å². The van der Waals surface area contributed by atoms with E-state index in [-0.39, 0.29) is 6.61 Å². The lowest BCUT2D eigenvalue weighted by molar-refractivity contribution is 0.0571. The van der Waals surface area contributed by atoms with Crippen molar-refractivity contribution in [3.05, 3.63) is 18.3 Å². The first-order chi connectivity index (χ1) is 8.25. The summed E-state index contributed by atoms with van der Waals surface area (Å²) in [5.41, 5.74) is 7.04. The Labute approximate surface area is 101 Å². The lowest BCUT2D eigenvalue weighted by Gasteiger charge is -2.42. The molecule has 17 heavy (non-hydrogen) atoms. The van der Waals surface area contributed by atoms with Gasteiger partial charge in [0.25, 0.3) is 0 Å². The molecule has 1 saturated carbocycles. The van der Waals surface area contributed by atoms with Gasteiger partial charge in [0.1, 0.15) is 0 Å². The van der Waals surface area contributed by atoms with E-state index in [1.54, 1.807) is 6.20 Å². The number of pyridine rings is 1. The third-order valence-corrected chi connectivity index (χ3v) is 4.50. The minimum atomic E-state index is 0.281. The summed E-state index contributed by atoms with van der Waals surface area (Å²) in [5.74, 6) is 1.27. The van der Waals surface area contributed by atoms with Crippen LogP contribution >= 0.6 is 0 Å². The molecule has 3 rings (SSSR count). The van der Waals surface area contributed by atoms with Gasteiger partial charge < -0.3 is 15.7 Å². The van der Waals surface area contributed by atoms with Gasteiger partial charge in [-0.15, -0.1) is 0 Å². The molecule has 1 saturated heterocycles. The molecule has 0 radical (unpaired) electrons. The Bertz CT molecular complexity index is 417. The van der Waals surface area contributed by atoms with Crippen LogP contribution in [0, 0.1) is 11.3 Å². The van der Waals surface area contributed by atoms with E-state index < -0.39 is 0 Å². The molecule has 4 nitrogen and oxygen atoms in total. The minimum Gasteiger partial charge on any atom is -0.396 e. The molecule has 3 N–H and O–H groups in total. The number of nitrogens with two attached hydrogens (primary N) is 1. The Balaban J connectivity index is 1.85. The maximum atomic E-state index is 9.52.